The van der Waals surface area contributed by atoms with E-state index in [2.05, 4.69) is 5.32 Å². The highest BCUT2D eigenvalue weighted by atomic mass is 32.2. The second-order valence-electron chi connectivity index (χ2n) is 5.48. The summed E-state index contributed by atoms with van der Waals surface area (Å²) in [7, 11) is -3.42. The monoisotopic (exact) mass is 312 g/mol. The molecule has 0 bridgehead atoms. The van der Waals surface area contributed by atoms with Crippen LogP contribution in [0, 0.1) is 5.92 Å². The molecule has 0 aliphatic rings. The van der Waals surface area contributed by atoms with E-state index in [9.17, 15) is 13.2 Å². The predicted molar refractivity (Wildman–Crippen MR) is 83.5 cm³/mol. The second kappa shape index (κ2) is 7.56. The Bertz CT molecular complexity index is 556. The Kier molecular flexibility index (Phi) is 6.36. The van der Waals surface area contributed by atoms with E-state index in [4.69, 9.17) is 5.73 Å². The summed E-state index contributed by atoms with van der Waals surface area (Å²) in [4.78, 5) is 12.2. The summed E-state index contributed by atoms with van der Waals surface area (Å²) in [6, 6.07) is 7.18. The number of amides is 1. The zero-order chi connectivity index (χ0) is 16.0. The zero-order valence-electron chi connectivity index (χ0n) is 12.7. The van der Waals surface area contributed by atoms with Gasteiger partial charge in [0.2, 0.25) is 5.91 Å². The van der Waals surface area contributed by atoms with Crippen molar-refractivity contribution in [2.75, 3.05) is 5.75 Å². The predicted octanol–water partition coefficient (Wildman–Crippen LogP) is 1.34. The summed E-state index contributed by atoms with van der Waals surface area (Å²) in [5.41, 5.74) is 5.78. The van der Waals surface area contributed by atoms with Gasteiger partial charge < -0.3 is 11.1 Å². The van der Waals surface area contributed by atoms with Gasteiger partial charge in [-0.1, -0.05) is 39.0 Å². The molecule has 0 radical (unpaired) electrons. The number of rotatable bonds is 7. The van der Waals surface area contributed by atoms with Crippen molar-refractivity contribution in [2.24, 2.45) is 11.7 Å². The molecule has 118 valence electrons. The highest BCUT2D eigenvalue weighted by Crippen LogP contribution is 2.12. The fourth-order valence-corrected chi connectivity index (χ4v) is 3.46. The van der Waals surface area contributed by atoms with Crippen LogP contribution in [-0.4, -0.2) is 32.2 Å². The van der Waals surface area contributed by atoms with Crippen LogP contribution in [0.5, 0.6) is 0 Å². The zero-order valence-corrected chi connectivity index (χ0v) is 13.6. The average Bonchev–Trinajstić information content (AvgIpc) is 2.46. The quantitative estimate of drug-likeness (QED) is 0.795. The summed E-state index contributed by atoms with van der Waals surface area (Å²) in [6.45, 7) is 5.55. The average molecular weight is 312 g/mol. The molecule has 0 saturated heterocycles. The van der Waals surface area contributed by atoms with Crippen LogP contribution in [0.1, 0.15) is 27.2 Å². The lowest BCUT2D eigenvalue weighted by Crippen LogP contribution is -2.49. The fourth-order valence-electron chi connectivity index (χ4n) is 1.85. The van der Waals surface area contributed by atoms with E-state index in [1.807, 2.05) is 20.8 Å². The molecule has 1 aromatic rings. The molecule has 1 amide bonds. The van der Waals surface area contributed by atoms with Crippen LogP contribution in [0.15, 0.2) is 35.2 Å². The van der Waals surface area contributed by atoms with Gasteiger partial charge in [0.25, 0.3) is 0 Å². The van der Waals surface area contributed by atoms with Crippen molar-refractivity contribution in [1.29, 1.82) is 0 Å². The van der Waals surface area contributed by atoms with Gasteiger partial charge in [-0.15, -0.1) is 0 Å². The van der Waals surface area contributed by atoms with E-state index in [1.165, 1.54) is 0 Å². The number of carbonyl (C=O) groups is 1. The SMILES string of the molecule is CCC(CS(=O)(=O)c1ccccc1)NC(=O)[C@@H](N)C(C)C. The summed E-state index contributed by atoms with van der Waals surface area (Å²) >= 11 is 0. The molecular formula is C15H24N2O3S. The van der Waals surface area contributed by atoms with Gasteiger partial charge in [0.1, 0.15) is 0 Å². The smallest absolute Gasteiger partial charge is 0.237 e. The van der Waals surface area contributed by atoms with Gasteiger partial charge in [0.05, 0.1) is 16.7 Å². The molecule has 0 aromatic heterocycles. The number of hydrogen-bond donors (Lipinski definition) is 2. The topological polar surface area (TPSA) is 89.3 Å². The van der Waals surface area contributed by atoms with Crippen molar-refractivity contribution in [3.8, 4) is 0 Å². The Balaban J connectivity index is 2.77. The molecule has 0 saturated carbocycles. The van der Waals surface area contributed by atoms with Crippen molar-refractivity contribution in [3.63, 3.8) is 0 Å². The third-order valence-corrected chi connectivity index (χ3v) is 5.21. The van der Waals surface area contributed by atoms with Crippen molar-refractivity contribution in [3.05, 3.63) is 30.3 Å². The summed E-state index contributed by atoms with van der Waals surface area (Å²) < 4.78 is 24.6. The van der Waals surface area contributed by atoms with Crippen LogP contribution in [-0.2, 0) is 14.6 Å². The third kappa shape index (κ3) is 5.13. The molecule has 0 aliphatic heterocycles. The highest BCUT2D eigenvalue weighted by Gasteiger charge is 2.24. The minimum Gasteiger partial charge on any atom is -0.351 e. The number of sulfone groups is 1. The van der Waals surface area contributed by atoms with Gasteiger partial charge in [-0.05, 0) is 24.5 Å². The second-order valence-corrected chi connectivity index (χ2v) is 7.51. The lowest BCUT2D eigenvalue weighted by atomic mass is 10.0. The van der Waals surface area contributed by atoms with Crippen molar-refractivity contribution < 1.29 is 13.2 Å². The molecule has 1 unspecified atom stereocenters. The summed E-state index contributed by atoms with van der Waals surface area (Å²) in [6.07, 6.45) is 0.530. The first-order valence-electron chi connectivity index (χ1n) is 7.11. The Morgan fingerprint density at radius 2 is 1.81 bits per heavy atom. The number of nitrogens with two attached hydrogens (primary N) is 1. The molecule has 2 atom stereocenters. The van der Waals surface area contributed by atoms with E-state index >= 15 is 0 Å². The highest BCUT2D eigenvalue weighted by molar-refractivity contribution is 7.91. The van der Waals surface area contributed by atoms with Gasteiger partial charge in [-0.3, -0.25) is 4.79 Å². The molecular weight excluding hydrogens is 288 g/mol. The minimum absolute atomic E-state index is 0.00763. The number of hydrogen-bond acceptors (Lipinski definition) is 4. The molecule has 0 fully saturated rings. The molecule has 5 nitrogen and oxygen atoms in total. The standard InChI is InChI=1S/C15H24N2O3S/c1-4-12(17-15(18)14(16)11(2)3)10-21(19,20)13-8-6-5-7-9-13/h5-9,11-12,14H,4,10,16H2,1-3H3,(H,17,18)/t12?,14-/m0/s1. The Morgan fingerprint density at radius 3 is 2.29 bits per heavy atom. The number of benzene rings is 1. The first-order chi connectivity index (χ1) is 9.77. The van der Waals surface area contributed by atoms with Gasteiger partial charge in [-0.25, -0.2) is 8.42 Å². The molecule has 0 spiro atoms. The van der Waals surface area contributed by atoms with Crippen LogP contribution in [0.25, 0.3) is 0 Å². The number of nitrogens with one attached hydrogen (secondary N) is 1. The molecule has 1 rings (SSSR count). The molecule has 0 heterocycles. The van der Waals surface area contributed by atoms with Crippen LogP contribution >= 0.6 is 0 Å². The molecule has 1 aromatic carbocycles. The van der Waals surface area contributed by atoms with Gasteiger partial charge in [0, 0.05) is 6.04 Å². The fraction of sp³-hybridized carbons (Fsp3) is 0.533. The van der Waals surface area contributed by atoms with Crippen molar-refractivity contribution in [1.82, 2.24) is 5.32 Å². The maximum Gasteiger partial charge on any atom is 0.237 e. The van der Waals surface area contributed by atoms with Crippen LogP contribution < -0.4 is 11.1 Å². The first kappa shape index (κ1) is 17.7. The Hall–Kier alpha value is -1.40. The largest absolute Gasteiger partial charge is 0.351 e. The maximum atomic E-state index is 12.3. The van der Waals surface area contributed by atoms with Crippen molar-refractivity contribution in [2.45, 2.75) is 44.2 Å². The molecule has 6 heteroatoms. The summed E-state index contributed by atoms with van der Waals surface area (Å²) in [5, 5.41) is 2.73. The van der Waals surface area contributed by atoms with Gasteiger partial charge in [-0.2, -0.15) is 0 Å². The maximum absolute atomic E-state index is 12.3. The third-order valence-electron chi connectivity index (χ3n) is 3.38. The summed E-state index contributed by atoms with van der Waals surface area (Å²) in [5.74, 6) is -0.419. The Morgan fingerprint density at radius 1 is 1.24 bits per heavy atom. The van der Waals surface area contributed by atoms with E-state index in [0.29, 0.717) is 6.42 Å². The molecule has 0 aliphatic carbocycles. The van der Waals surface area contributed by atoms with E-state index in [1.54, 1.807) is 30.3 Å². The number of carbonyl (C=O) groups excluding carboxylic acids is 1. The minimum atomic E-state index is -3.42. The van der Waals surface area contributed by atoms with Gasteiger partial charge >= 0.3 is 0 Å². The first-order valence-corrected chi connectivity index (χ1v) is 8.77. The molecule has 21 heavy (non-hydrogen) atoms. The van der Waals surface area contributed by atoms with E-state index in [0.717, 1.165) is 0 Å². The normalized spacial score (nSPS) is 14.7. The van der Waals surface area contributed by atoms with Crippen molar-refractivity contribution >= 4 is 15.7 Å². The Labute approximate surface area is 126 Å². The van der Waals surface area contributed by atoms with Crippen LogP contribution in [0.2, 0.25) is 0 Å². The lowest BCUT2D eigenvalue weighted by Gasteiger charge is -2.21. The molecule has 3 N–H and O–H groups in total. The van der Waals surface area contributed by atoms with Crippen LogP contribution in [0.4, 0.5) is 0 Å². The lowest BCUT2D eigenvalue weighted by molar-refractivity contribution is -0.123. The van der Waals surface area contributed by atoms with Gasteiger partial charge in [0.15, 0.2) is 9.84 Å². The van der Waals surface area contributed by atoms with E-state index < -0.39 is 21.9 Å². The van der Waals surface area contributed by atoms with E-state index in [-0.39, 0.29) is 22.5 Å². The van der Waals surface area contributed by atoms with Crippen LogP contribution in [0.3, 0.4) is 0 Å².